The predicted octanol–water partition coefficient (Wildman–Crippen LogP) is 7.83. The SMILES string of the molecule is CCC(CC)n1ccc2c(C)cc3c(-c4ccc(Cl)cc4Cl)ccnc3c21. The minimum Gasteiger partial charge on any atom is -0.343 e. The van der Waals surface area contributed by atoms with Crippen molar-refractivity contribution in [2.45, 2.75) is 39.7 Å². The van der Waals surface area contributed by atoms with Crippen molar-refractivity contribution in [2.24, 2.45) is 0 Å². The quantitative estimate of drug-likeness (QED) is 0.343. The summed E-state index contributed by atoms with van der Waals surface area (Å²) in [5.74, 6) is 0. The second-order valence-corrected chi connectivity index (χ2v) is 7.87. The fourth-order valence-corrected chi connectivity index (χ4v) is 4.56. The first-order chi connectivity index (χ1) is 13.0. The molecular weight excluding hydrogens is 375 g/mol. The molecule has 27 heavy (non-hydrogen) atoms. The van der Waals surface area contributed by atoms with E-state index >= 15 is 0 Å². The first-order valence-corrected chi connectivity index (χ1v) is 10.1. The second kappa shape index (κ2) is 7.18. The third-order valence-electron chi connectivity index (χ3n) is 5.47. The summed E-state index contributed by atoms with van der Waals surface area (Å²) >= 11 is 12.6. The summed E-state index contributed by atoms with van der Waals surface area (Å²) < 4.78 is 2.39. The van der Waals surface area contributed by atoms with Gasteiger partial charge >= 0.3 is 0 Å². The maximum absolute atomic E-state index is 6.52. The van der Waals surface area contributed by atoms with Gasteiger partial charge in [0, 0.05) is 44.8 Å². The summed E-state index contributed by atoms with van der Waals surface area (Å²) in [5.41, 5.74) is 5.56. The molecule has 0 N–H and O–H groups in total. The minimum absolute atomic E-state index is 0.470. The lowest BCUT2D eigenvalue weighted by Gasteiger charge is -2.18. The van der Waals surface area contributed by atoms with Gasteiger partial charge in [-0.15, -0.1) is 0 Å². The number of hydrogen-bond acceptors (Lipinski definition) is 1. The molecule has 0 aliphatic heterocycles. The molecule has 0 aliphatic carbocycles. The van der Waals surface area contributed by atoms with Gasteiger partial charge in [0.15, 0.2) is 0 Å². The molecule has 0 aliphatic rings. The number of fused-ring (bicyclic) bond motifs is 3. The number of aromatic nitrogens is 2. The zero-order chi connectivity index (χ0) is 19.1. The van der Waals surface area contributed by atoms with Crippen molar-refractivity contribution >= 4 is 45.0 Å². The summed E-state index contributed by atoms with van der Waals surface area (Å²) in [6.45, 7) is 6.65. The monoisotopic (exact) mass is 396 g/mol. The first kappa shape index (κ1) is 18.3. The second-order valence-electron chi connectivity index (χ2n) is 7.03. The van der Waals surface area contributed by atoms with E-state index in [2.05, 4.69) is 43.7 Å². The zero-order valence-corrected chi connectivity index (χ0v) is 17.3. The molecule has 4 rings (SSSR count). The van der Waals surface area contributed by atoms with Crippen LogP contribution in [0.3, 0.4) is 0 Å². The summed E-state index contributed by atoms with van der Waals surface area (Å²) in [6, 6.07) is 12.6. The maximum Gasteiger partial charge on any atom is 0.0951 e. The third kappa shape index (κ3) is 3.01. The smallest absolute Gasteiger partial charge is 0.0951 e. The van der Waals surface area contributed by atoms with E-state index in [1.165, 1.54) is 16.5 Å². The molecule has 0 saturated heterocycles. The van der Waals surface area contributed by atoms with E-state index in [9.17, 15) is 0 Å². The van der Waals surface area contributed by atoms with Crippen molar-refractivity contribution in [1.82, 2.24) is 9.55 Å². The molecular formula is C23H22Cl2N2. The number of halogens is 2. The van der Waals surface area contributed by atoms with Gasteiger partial charge in [-0.25, -0.2) is 0 Å². The Balaban J connectivity index is 2.08. The van der Waals surface area contributed by atoms with Gasteiger partial charge in [-0.3, -0.25) is 4.98 Å². The molecule has 138 valence electrons. The lowest BCUT2D eigenvalue weighted by Crippen LogP contribution is -2.06. The Labute approximate surface area is 169 Å². The Morgan fingerprint density at radius 3 is 2.44 bits per heavy atom. The van der Waals surface area contributed by atoms with Gasteiger partial charge in [0.05, 0.1) is 11.0 Å². The predicted molar refractivity (Wildman–Crippen MR) is 117 cm³/mol. The Kier molecular flexibility index (Phi) is 4.88. The molecule has 0 radical (unpaired) electrons. The van der Waals surface area contributed by atoms with E-state index in [1.807, 2.05) is 24.4 Å². The highest BCUT2D eigenvalue weighted by Crippen LogP contribution is 2.38. The molecule has 0 bridgehead atoms. The van der Waals surface area contributed by atoms with Gasteiger partial charge in [0.25, 0.3) is 0 Å². The van der Waals surface area contributed by atoms with Crippen LogP contribution >= 0.6 is 23.2 Å². The Morgan fingerprint density at radius 2 is 1.74 bits per heavy atom. The molecule has 4 heteroatoms. The van der Waals surface area contributed by atoms with Gasteiger partial charge < -0.3 is 4.57 Å². The largest absolute Gasteiger partial charge is 0.343 e. The van der Waals surface area contributed by atoms with Crippen molar-refractivity contribution in [3.63, 3.8) is 0 Å². The van der Waals surface area contributed by atoms with Crippen LogP contribution in [0, 0.1) is 6.92 Å². The summed E-state index contributed by atoms with van der Waals surface area (Å²) in [7, 11) is 0. The highest BCUT2D eigenvalue weighted by Gasteiger charge is 2.17. The van der Waals surface area contributed by atoms with Crippen molar-refractivity contribution in [3.05, 3.63) is 64.4 Å². The average molecular weight is 397 g/mol. The van der Waals surface area contributed by atoms with Crippen LogP contribution in [-0.4, -0.2) is 9.55 Å². The number of benzene rings is 2. The van der Waals surface area contributed by atoms with Crippen LogP contribution in [0.5, 0.6) is 0 Å². The maximum atomic E-state index is 6.52. The zero-order valence-electron chi connectivity index (χ0n) is 15.8. The number of pyridine rings is 1. The highest BCUT2D eigenvalue weighted by atomic mass is 35.5. The third-order valence-corrected chi connectivity index (χ3v) is 6.02. The average Bonchev–Trinajstić information content (AvgIpc) is 3.09. The number of rotatable bonds is 4. The van der Waals surface area contributed by atoms with Gasteiger partial charge in [-0.2, -0.15) is 0 Å². The Morgan fingerprint density at radius 1 is 0.963 bits per heavy atom. The topological polar surface area (TPSA) is 17.8 Å². The van der Waals surface area contributed by atoms with E-state index < -0.39 is 0 Å². The van der Waals surface area contributed by atoms with Crippen LogP contribution in [-0.2, 0) is 0 Å². The van der Waals surface area contributed by atoms with Gasteiger partial charge in [0.2, 0.25) is 0 Å². The fourth-order valence-electron chi connectivity index (χ4n) is 4.05. The molecule has 2 nitrogen and oxygen atoms in total. The van der Waals surface area contributed by atoms with E-state index in [1.54, 1.807) is 6.07 Å². The highest BCUT2D eigenvalue weighted by molar-refractivity contribution is 6.36. The standard InChI is InChI=1S/C23H22Cl2N2/c1-4-16(5-2)27-11-9-17-14(3)12-20-18(8-10-26-22(20)23(17)27)19-7-6-15(24)13-21(19)25/h6-13,16H,4-5H2,1-3H3. The molecule has 0 spiro atoms. The van der Waals surface area contributed by atoms with E-state index in [0.717, 1.165) is 34.9 Å². The normalized spacial score (nSPS) is 11.8. The Hall–Kier alpha value is -2.03. The Bertz CT molecular complexity index is 1140. The lowest BCUT2D eigenvalue weighted by atomic mass is 9.98. The number of nitrogens with zero attached hydrogens (tertiary/aromatic N) is 2. The van der Waals surface area contributed by atoms with Crippen LogP contribution in [0.15, 0.2) is 48.8 Å². The van der Waals surface area contributed by atoms with Crippen molar-refractivity contribution in [1.29, 1.82) is 0 Å². The van der Waals surface area contributed by atoms with Crippen LogP contribution in [0.2, 0.25) is 10.0 Å². The van der Waals surface area contributed by atoms with Gasteiger partial charge in [0.1, 0.15) is 0 Å². The van der Waals surface area contributed by atoms with E-state index in [-0.39, 0.29) is 0 Å². The molecule has 0 saturated carbocycles. The van der Waals surface area contributed by atoms with Crippen molar-refractivity contribution < 1.29 is 0 Å². The van der Waals surface area contributed by atoms with Crippen molar-refractivity contribution in [2.75, 3.05) is 0 Å². The van der Waals surface area contributed by atoms with E-state index in [4.69, 9.17) is 28.2 Å². The summed E-state index contributed by atoms with van der Waals surface area (Å²) in [5, 5.41) is 3.69. The van der Waals surface area contributed by atoms with Crippen LogP contribution in [0.25, 0.3) is 32.9 Å². The minimum atomic E-state index is 0.470. The van der Waals surface area contributed by atoms with Gasteiger partial charge in [-0.1, -0.05) is 43.1 Å². The van der Waals surface area contributed by atoms with Crippen LogP contribution < -0.4 is 0 Å². The molecule has 0 unspecified atom stereocenters. The van der Waals surface area contributed by atoms with Crippen molar-refractivity contribution in [3.8, 4) is 11.1 Å². The molecule has 2 aromatic heterocycles. The molecule has 2 heterocycles. The number of hydrogen-bond donors (Lipinski definition) is 0. The molecule has 2 aromatic carbocycles. The fraction of sp³-hybridized carbons (Fsp3) is 0.261. The first-order valence-electron chi connectivity index (χ1n) is 9.39. The summed E-state index contributed by atoms with van der Waals surface area (Å²) in [6.07, 6.45) is 6.27. The van der Waals surface area contributed by atoms with Gasteiger partial charge in [-0.05, 0) is 61.2 Å². The lowest BCUT2D eigenvalue weighted by molar-refractivity contribution is 0.486. The molecule has 0 fully saturated rings. The van der Waals surface area contributed by atoms with Crippen LogP contribution in [0.4, 0.5) is 0 Å². The summed E-state index contributed by atoms with van der Waals surface area (Å²) in [4.78, 5) is 4.78. The molecule has 4 aromatic rings. The van der Waals surface area contributed by atoms with Crippen LogP contribution in [0.1, 0.15) is 38.3 Å². The molecule has 0 amide bonds. The molecule has 0 atom stereocenters. The van der Waals surface area contributed by atoms with E-state index in [0.29, 0.717) is 16.1 Å². The number of aryl methyl sites for hydroxylation is 1.